The highest BCUT2D eigenvalue weighted by atomic mass is 79.9. The zero-order valence-corrected chi connectivity index (χ0v) is 9.14. The molecule has 0 saturated heterocycles. The van der Waals surface area contributed by atoms with E-state index in [4.69, 9.17) is 10.5 Å². The minimum Gasteiger partial charge on any atom is -0.496 e. The second-order valence-corrected chi connectivity index (χ2v) is 3.67. The van der Waals surface area contributed by atoms with Crippen LogP contribution in [0.25, 0.3) is 0 Å². The molecule has 0 aliphatic heterocycles. The minimum atomic E-state index is -3.05. The molecule has 0 bridgehead atoms. The van der Waals surface area contributed by atoms with Crippen LogP contribution in [-0.2, 0) is 5.92 Å². The van der Waals surface area contributed by atoms with Crippen molar-refractivity contribution in [1.29, 1.82) is 0 Å². The molecule has 0 fully saturated rings. The summed E-state index contributed by atoms with van der Waals surface area (Å²) in [7, 11) is 1.35. The molecular formula is C9H10BrF2NO. The molecule has 0 heterocycles. The second-order valence-electron chi connectivity index (χ2n) is 2.75. The van der Waals surface area contributed by atoms with Crippen LogP contribution >= 0.6 is 15.9 Å². The van der Waals surface area contributed by atoms with Crippen molar-refractivity contribution in [2.24, 2.45) is 5.73 Å². The number of ether oxygens (including phenoxy) is 1. The molecule has 0 aliphatic carbocycles. The topological polar surface area (TPSA) is 35.2 Å². The maximum Gasteiger partial charge on any atom is 0.288 e. The molecule has 1 aromatic carbocycles. The summed E-state index contributed by atoms with van der Waals surface area (Å²) in [6.07, 6.45) is 0. The molecule has 14 heavy (non-hydrogen) atoms. The van der Waals surface area contributed by atoms with Crippen LogP contribution in [0.4, 0.5) is 8.78 Å². The van der Waals surface area contributed by atoms with Gasteiger partial charge in [0.2, 0.25) is 0 Å². The van der Waals surface area contributed by atoms with Crippen LogP contribution in [0.2, 0.25) is 0 Å². The molecule has 2 N–H and O–H groups in total. The van der Waals surface area contributed by atoms with Gasteiger partial charge < -0.3 is 10.5 Å². The zero-order chi connectivity index (χ0) is 10.8. The van der Waals surface area contributed by atoms with Gasteiger partial charge in [-0.2, -0.15) is 8.78 Å². The van der Waals surface area contributed by atoms with Crippen molar-refractivity contribution in [2.45, 2.75) is 5.92 Å². The molecular weight excluding hydrogens is 256 g/mol. The fourth-order valence-electron chi connectivity index (χ4n) is 1.08. The van der Waals surface area contributed by atoms with Gasteiger partial charge in [-0.1, -0.05) is 15.9 Å². The molecule has 0 aliphatic rings. The van der Waals surface area contributed by atoms with Crippen LogP contribution in [0, 0.1) is 0 Å². The van der Waals surface area contributed by atoms with Gasteiger partial charge in [0.25, 0.3) is 5.92 Å². The van der Waals surface area contributed by atoms with Gasteiger partial charge in [0.15, 0.2) is 0 Å². The number of hydrogen-bond acceptors (Lipinski definition) is 2. The van der Waals surface area contributed by atoms with E-state index in [-0.39, 0.29) is 11.3 Å². The lowest BCUT2D eigenvalue weighted by molar-refractivity contribution is 0.00368. The van der Waals surface area contributed by atoms with Gasteiger partial charge in [-0.05, 0) is 18.2 Å². The van der Waals surface area contributed by atoms with Gasteiger partial charge in [-0.25, -0.2) is 0 Å². The van der Waals surface area contributed by atoms with Crippen molar-refractivity contribution in [3.63, 3.8) is 0 Å². The third kappa shape index (κ3) is 2.22. The lowest BCUT2D eigenvalue weighted by Gasteiger charge is -2.17. The predicted molar refractivity (Wildman–Crippen MR) is 53.6 cm³/mol. The van der Waals surface area contributed by atoms with E-state index in [9.17, 15) is 8.78 Å². The minimum absolute atomic E-state index is 0.134. The Morgan fingerprint density at radius 3 is 2.64 bits per heavy atom. The van der Waals surface area contributed by atoms with Crippen LogP contribution in [0.15, 0.2) is 22.7 Å². The standard InChI is InChI=1S/C9H10BrF2NO/c1-14-8-4-6(10)2-3-7(8)9(11,12)5-13/h2-4H,5,13H2,1H3. The molecule has 0 unspecified atom stereocenters. The third-order valence-corrected chi connectivity index (χ3v) is 2.31. The lowest BCUT2D eigenvalue weighted by atomic mass is 10.1. The highest BCUT2D eigenvalue weighted by Crippen LogP contribution is 2.35. The average Bonchev–Trinajstić information content (AvgIpc) is 2.17. The number of rotatable bonds is 3. The maximum absolute atomic E-state index is 13.2. The first-order valence-corrected chi connectivity index (χ1v) is 4.72. The number of benzene rings is 1. The van der Waals surface area contributed by atoms with Gasteiger partial charge in [-0.15, -0.1) is 0 Å². The molecule has 0 saturated carbocycles. The Morgan fingerprint density at radius 1 is 1.50 bits per heavy atom. The highest BCUT2D eigenvalue weighted by molar-refractivity contribution is 9.10. The summed E-state index contributed by atoms with van der Waals surface area (Å²) in [6.45, 7) is -0.731. The van der Waals surface area contributed by atoms with Crippen molar-refractivity contribution < 1.29 is 13.5 Å². The summed E-state index contributed by atoms with van der Waals surface area (Å²) in [5.74, 6) is -2.92. The van der Waals surface area contributed by atoms with Gasteiger partial charge in [0.1, 0.15) is 5.75 Å². The van der Waals surface area contributed by atoms with E-state index in [0.717, 1.165) is 0 Å². The molecule has 5 heteroatoms. The predicted octanol–water partition coefficient (Wildman–Crippen LogP) is 2.51. The van der Waals surface area contributed by atoms with Crippen molar-refractivity contribution >= 4 is 15.9 Å². The number of halogens is 3. The van der Waals surface area contributed by atoms with E-state index in [1.54, 1.807) is 0 Å². The lowest BCUT2D eigenvalue weighted by Crippen LogP contribution is -2.25. The third-order valence-electron chi connectivity index (χ3n) is 1.81. The second kappa shape index (κ2) is 4.23. The summed E-state index contributed by atoms with van der Waals surface area (Å²) in [6, 6.07) is 4.32. The molecule has 0 atom stereocenters. The SMILES string of the molecule is COc1cc(Br)ccc1C(F)(F)CN. The molecule has 0 spiro atoms. The largest absolute Gasteiger partial charge is 0.496 e. The molecule has 0 amide bonds. The van der Waals surface area contributed by atoms with Crippen LogP contribution in [-0.4, -0.2) is 13.7 Å². The first-order chi connectivity index (χ1) is 6.51. The fraction of sp³-hybridized carbons (Fsp3) is 0.333. The van der Waals surface area contributed by atoms with Crippen LogP contribution in [0.5, 0.6) is 5.75 Å². The molecule has 0 radical (unpaired) electrons. The first kappa shape index (κ1) is 11.4. The molecule has 2 nitrogen and oxygen atoms in total. The van der Waals surface area contributed by atoms with Crippen molar-refractivity contribution in [2.75, 3.05) is 13.7 Å². The molecule has 0 aromatic heterocycles. The smallest absolute Gasteiger partial charge is 0.288 e. The van der Waals surface area contributed by atoms with Crippen LogP contribution in [0.1, 0.15) is 5.56 Å². The van der Waals surface area contributed by atoms with Gasteiger partial charge in [0, 0.05) is 4.47 Å². The van der Waals surface area contributed by atoms with Crippen molar-refractivity contribution in [3.05, 3.63) is 28.2 Å². The summed E-state index contributed by atoms with van der Waals surface area (Å²) in [5.41, 5.74) is 4.79. The van der Waals surface area contributed by atoms with E-state index in [0.29, 0.717) is 4.47 Å². The molecule has 78 valence electrons. The summed E-state index contributed by atoms with van der Waals surface area (Å²) < 4.78 is 32.0. The summed E-state index contributed by atoms with van der Waals surface area (Å²) in [4.78, 5) is 0. The quantitative estimate of drug-likeness (QED) is 0.912. The van der Waals surface area contributed by atoms with E-state index in [1.807, 2.05) is 0 Å². The Morgan fingerprint density at radius 2 is 2.14 bits per heavy atom. The highest BCUT2D eigenvalue weighted by Gasteiger charge is 2.32. The summed E-state index contributed by atoms with van der Waals surface area (Å²) >= 11 is 3.17. The number of nitrogens with two attached hydrogens (primary N) is 1. The van der Waals surface area contributed by atoms with Crippen molar-refractivity contribution in [3.8, 4) is 5.75 Å². The molecule has 1 rings (SSSR count). The monoisotopic (exact) mass is 265 g/mol. The van der Waals surface area contributed by atoms with Crippen molar-refractivity contribution in [1.82, 2.24) is 0 Å². The van der Waals surface area contributed by atoms with E-state index in [1.165, 1.54) is 25.3 Å². The first-order valence-electron chi connectivity index (χ1n) is 3.93. The number of alkyl halides is 2. The van der Waals surface area contributed by atoms with Crippen LogP contribution < -0.4 is 10.5 Å². The Hall–Kier alpha value is -0.680. The van der Waals surface area contributed by atoms with Crippen LogP contribution in [0.3, 0.4) is 0 Å². The normalized spacial score (nSPS) is 11.5. The maximum atomic E-state index is 13.2. The van der Waals surface area contributed by atoms with E-state index < -0.39 is 12.5 Å². The summed E-state index contributed by atoms with van der Waals surface area (Å²) in [5, 5.41) is 0. The van der Waals surface area contributed by atoms with E-state index >= 15 is 0 Å². The Balaban J connectivity index is 3.20. The van der Waals surface area contributed by atoms with Gasteiger partial charge >= 0.3 is 0 Å². The zero-order valence-electron chi connectivity index (χ0n) is 7.56. The van der Waals surface area contributed by atoms with E-state index in [2.05, 4.69) is 15.9 Å². The Bertz CT molecular complexity index is 331. The van der Waals surface area contributed by atoms with Gasteiger partial charge in [-0.3, -0.25) is 0 Å². The fourth-order valence-corrected chi connectivity index (χ4v) is 1.42. The average molecular weight is 266 g/mol. The number of hydrogen-bond donors (Lipinski definition) is 1. The Kier molecular flexibility index (Phi) is 3.44. The van der Waals surface area contributed by atoms with Gasteiger partial charge in [0.05, 0.1) is 19.2 Å². The number of methoxy groups -OCH3 is 1. The molecule has 1 aromatic rings. The Labute approximate surface area is 89.2 Å².